The fourth-order valence-corrected chi connectivity index (χ4v) is 3.47. The molecule has 0 unspecified atom stereocenters. The van der Waals surface area contributed by atoms with Gasteiger partial charge in [-0.25, -0.2) is 9.37 Å². The summed E-state index contributed by atoms with van der Waals surface area (Å²) in [4.78, 5) is 21.7. The van der Waals surface area contributed by atoms with Gasteiger partial charge in [0.1, 0.15) is 17.7 Å². The third-order valence-electron chi connectivity index (χ3n) is 5.14. The Morgan fingerprint density at radius 2 is 2.03 bits per heavy atom. The van der Waals surface area contributed by atoms with Gasteiger partial charge in [-0.15, -0.1) is 0 Å². The van der Waals surface area contributed by atoms with Crippen molar-refractivity contribution in [3.05, 3.63) is 95.3 Å². The minimum absolute atomic E-state index is 0.243. The third kappa shape index (κ3) is 5.42. The Kier molecular flexibility index (Phi) is 6.89. The van der Waals surface area contributed by atoms with E-state index < -0.39 is 0 Å². The number of nitrogens with zero attached hydrogens (tertiary/aromatic N) is 5. The fraction of sp³-hybridized carbons (Fsp3) is 0.160. The highest BCUT2D eigenvalue weighted by Crippen LogP contribution is 2.26. The molecule has 4 rings (SSSR count). The normalized spacial score (nSPS) is 10.5. The highest BCUT2D eigenvalue weighted by Gasteiger charge is 2.19. The number of nitrogens with one attached hydrogen (secondary N) is 2. The second kappa shape index (κ2) is 10.4. The Bertz CT molecular complexity index is 1350. The van der Waals surface area contributed by atoms with Crippen molar-refractivity contribution in [2.45, 2.75) is 13.0 Å². The Hall–Kier alpha value is -4.58. The molecule has 3 aromatic heterocycles. The van der Waals surface area contributed by atoms with Crippen molar-refractivity contribution in [1.29, 1.82) is 5.26 Å². The molecule has 0 bridgehead atoms. The number of halogens is 1. The zero-order chi connectivity index (χ0) is 23.9. The lowest BCUT2D eigenvalue weighted by Gasteiger charge is -2.14. The van der Waals surface area contributed by atoms with E-state index in [-0.39, 0.29) is 29.4 Å². The Labute approximate surface area is 196 Å². The molecular formula is C25H22FN7O. The molecule has 170 valence electrons. The lowest BCUT2D eigenvalue weighted by atomic mass is 10.1. The molecule has 3 heterocycles. The van der Waals surface area contributed by atoms with Gasteiger partial charge in [-0.1, -0.05) is 18.2 Å². The van der Waals surface area contributed by atoms with Crippen molar-refractivity contribution in [3.63, 3.8) is 0 Å². The van der Waals surface area contributed by atoms with Gasteiger partial charge in [-0.2, -0.15) is 10.4 Å². The largest absolute Gasteiger partial charge is 0.369 e. The number of nitriles is 1. The standard InChI is InChI=1S/C25H22FN7O/c1-33-16-20(15-31-33)23-19(12-27)11-22(25(34)30-14-18-5-3-8-28-13-18)24(32-23)29-9-7-17-4-2-6-21(26)10-17/h2-6,8,10-11,13,15-16H,7,9,14H2,1H3,(H,29,32)(H,30,34). The van der Waals surface area contributed by atoms with Crippen LogP contribution in [-0.2, 0) is 20.0 Å². The summed E-state index contributed by atoms with van der Waals surface area (Å²) in [6, 6.07) is 13.7. The lowest BCUT2D eigenvalue weighted by Crippen LogP contribution is -2.25. The summed E-state index contributed by atoms with van der Waals surface area (Å²) < 4.78 is 15.1. The summed E-state index contributed by atoms with van der Waals surface area (Å²) in [6.45, 7) is 0.694. The average molecular weight is 455 g/mol. The number of anilines is 1. The molecule has 0 saturated carbocycles. The molecule has 0 radical (unpaired) electrons. The summed E-state index contributed by atoms with van der Waals surface area (Å²) >= 11 is 0. The number of hydrogen-bond acceptors (Lipinski definition) is 6. The van der Waals surface area contributed by atoms with Crippen LogP contribution in [0.2, 0.25) is 0 Å². The van der Waals surface area contributed by atoms with E-state index in [2.05, 4.69) is 31.8 Å². The molecular weight excluding hydrogens is 433 g/mol. The van der Waals surface area contributed by atoms with Crippen molar-refractivity contribution >= 4 is 11.7 Å². The minimum Gasteiger partial charge on any atom is -0.369 e. The van der Waals surface area contributed by atoms with Crippen molar-refractivity contribution in [2.75, 3.05) is 11.9 Å². The maximum atomic E-state index is 13.5. The molecule has 0 aliphatic rings. The molecule has 0 spiro atoms. The molecule has 0 aliphatic carbocycles. The van der Waals surface area contributed by atoms with Gasteiger partial charge in [0.25, 0.3) is 5.91 Å². The van der Waals surface area contributed by atoms with E-state index in [9.17, 15) is 14.4 Å². The van der Waals surface area contributed by atoms with Crippen LogP contribution in [0.15, 0.2) is 67.3 Å². The smallest absolute Gasteiger partial charge is 0.255 e. The van der Waals surface area contributed by atoms with Crippen LogP contribution in [0.3, 0.4) is 0 Å². The number of carbonyl (C=O) groups excluding carboxylic acids is 1. The first-order valence-corrected chi connectivity index (χ1v) is 10.6. The molecule has 0 fully saturated rings. The summed E-state index contributed by atoms with van der Waals surface area (Å²) in [7, 11) is 1.77. The molecule has 34 heavy (non-hydrogen) atoms. The van der Waals surface area contributed by atoms with Gasteiger partial charge >= 0.3 is 0 Å². The topological polar surface area (TPSA) is 109 Å². The zero-order valence-electron chi connectivity index (χ0n) is 18.5. The van der Waals surface area contributed by atoms with E-state index in [4.69, 9.17) is 0 Å². The Morgan fingerprint density at radius 3 is 2.74 bits per heavy atom. The lowest BCUT2D eigenvalue weighted by molar-refractivity contribution is 0.0951. The predicted octanol–water partition coefficient (Wildman–Crippen LogP) is 3.47. The SMILES string of the molecule is Cn1cc(-c2nc(NCCc3cccc(F)c3)c(C(=O)NCc3cccnc3)cc2C#N)cn1. The van der Waals surface area contributed by atoms with E-state index in [0.717, 1.165) is 11.1 Å². The molecule has 1 amide bonds. The summed E-state index contributed by atoms with van der Waals surface area (Å²) in [5, 5.41) is 19.9. The van der Waals surface area contributed by atoms with Crippen LogP contribution in [0.5, 0.6) is 0 Å². The highest BCUT2D eigenvalue weighted by atomic mass is 19.1. The van der Waals surface area contributed by atoms with E-state index in [1.807, 2.05) is 12.1 Å². The van der Waals surface area contributed by atoms with Crippen molar-refractivity contribution < 1.29 is 9.18 Å². The van der Waals surface area contributed by atoms with Crippen molar-refractivity contribution in [3.8, 4) is 17.3 Å². The molecule has 1 aromatic carbocycles. The van der Waals surface area contributed by atoms with Crippen LogP contribution in [0.4, 0.5) is 10.2 Å². The van der Waals surface area contributed by atoms with Gasteiger partial charge in [-0.3, -0.25) is 14.5 Å². The number of pyridine rings is 2. The predicted molar refractivity (Wildman–Crippen MR) is 125 cm³/mol. The molecule has 0 atom stereocenters. The maximum Gasteiger partial charge on any atom is 0.255 e. The Balaban J connectivity index is 1.62. The fourth-order valence-electron chi connectivity index (χ4n) is 3.47. The second-order valence-corrected chi connectivity index (χ2v) is 7.65. The molecule has 8 nitrogen and oxygen atoms in total. The Morgan fingerprint density at radius 1 is 1.18 bits per heavy atom. The molecule has 4 aromatic rings. The summed E-state index contributed by atoms with van der Waals surface area (Å²) in [5.41, 5.74) is 3.25. The monoisotopic (exact) mass is 455 g/mol. The van der Waals surface area contributed by atoms with Gasteiger partial charge in [0, 0.05) is 44.3 Å². The molecule has 0 aliphatic heterocycles. The van der Waals surface area contributed by atoms with Crippen LogP contribution in [-0.4, -0.2) is 32.2 Å². The molecule has 2 N–H and O–H groups in total. The number of carbonyl (C=O) groups is 1. The number of aryl methyl sites for hydroxylation is 1. The second-order valence-electron chi connectivity index (χ2n) is 7.65. The maximum absolute atomic E-state index is 13.5. The van der Waals surface area contributed by atoms with Crippen molar-refractivity contribution in [2.24, 2.45) is 7.05 Å². The summed E-state index contributed by atoms with van der Waals surface area (Å²) in [6.07, 6.45) is 7.22. The van der Waals surface area contributed by atoms with Crippen LogP contribution in [0.1, 0.15) is 27.0 Å². The number of hydrogen-bond donors (Lipinski definition) is 2. The summed E-state index contributed by atoms with van der Waals surface area (Å²) in [5.74, 6) is -0.347. The molecule has 9 heteroatoms. The van der Waals surface area contributed by atoms with Crippen LogP contribution < -0.4 is 10.6 Å². The number of aromatic nitrogens is 4. The van der Waals surface area contributed by atoms with Gasteiger partial charge in [-0.05, 0) is 41.8 Å². The van der Waals surface area contributed by atoms with Crippen molar-refractivity contribution in [1.82, 2.24) is 25.1 Å². The van der Waals surface area contributed by atoms with Gasteiger partial charge < -0.3 is 10.6 Å². The van der Waals surface area contributed by atoms with E-state index in [0.29, 0.717) is 30.0 Å². The first-order valence-electron chi connectivity index (χ1n) is 10.6. The van der Waals surface area contributed by atoms with Gasteiger partial charge in [0.2, 0.25) is 0 Å². The third-order valence-corrected chi connectivity index (χ3v) is 5.14. The minimum atomic E-state index is -0.376. The highest BCUT2D eigenvalue weighted by molar-refractivity contribution is 5.99. The number of amides is 1. The van der Waals surface area contributed by atoms with Crippen LogP contribution in [0.25, 0.3) is 11.3 Å². The van der Waals surface area contributed by atoms with E-state index in [1.165, 1.54) is 18.2 Å². The number of benzene rings is 1. The molecule has 0 saturated heterocycles. The quantitative estimate of drug-likeness (QED) is 0.421. The van der Waals surface area contributed by atoms with Gasteiger partial charge in [0.15, 0.2) is 0 Å². The van der Waals surface area contributed by atoms with Gasteiger partial charge in [0.05, 0.1) is 23.0 Å². The van der Waals surface area contributed by atoms with Crippen LogP contribution in [0, 0.1) is 17.1 Å². The zero-order valence-corrected chi connectivity index (χ0v) is 18.5. The first kappa shape index (κ1) is 22.6. The van der Waals surface area contributed by atoms with Crippen LogP contribution >= 0.6 is 0 Å². The number of rotatable bonds is 8. The average Bonchev–Trinajstić information content (AvgIpc) is 3.29. The van der Waals surface area contributed by atoms with E-state index >= 15 is 0 Å². The van der Waals surface area contributed by atoms with E-state index in [1.54, 1.807) is 48.6 Å². The first-order chi connectivity index (χ1) is 16.5.